The van der Waals surface area contributed by atoms with Gasteiger partial charge in [-0.05, 0) is 43.2 Å². The summed E-state index contributed by atoms with van der Waals surface area (Å²) < 4.78 is 38.9. The van der Waals surface area contributed by atoms with Crippen molar-refractivity contribution in [2.45, 2.75) is 31.2 Å². The number of likely N-dealkylation sites (N-methyl/N-ethyl adjacent to an activating group) is 1. The van der Waals surface area contributed by atoms with E-state index >= 15 is 0 Å². The third kappa shape index (κ3) is 4.89. The Hall–Kier alpha value is -2.25. The molecular formula is C19H23FN2O3S. The van der Waals surface area contributed by atoms with Crippen LogP contribution in [0.5, 0.6) is 0 Å². The van der Waals surface area contributed by atoms with Gasteiger partial charge in [-0.25, -0.2) is 12.8 Å². The van der Waals surface area contributed by atoms with Gasteiger partial charge in [-0.1, -0.05) is 36.8 Å². The lowest BCUT2D eigenvalue weighted by Gasteiger charge is -2.21. The molecule has 1 N–H and O–H groups in total. The van der Waals surface area contributed by atoms with E-state index in [1.165, 1.54) is 19.2 Å². The van der Waals surface area contributed by atoms with Crippen molar-refractivity contribution in [3.63, 3.8) is 0 Å². The molecule has 0 heterocycles. The van der Waals surface area contributed by atoms with Crippen molar-refractivity contribution in [1.82, 2.24) is 9.62 Å². The van der Waals surface area contributed by atoms with Gasteiger partial charge in [0.15, 0.2) is 0 Å². The lowest BCUT2D eigenvalue weighted by atomic mass is 10.0. The predicted molar refractivity (Wildman–Crippen MR) is 98.6 cm³/mol. The average molecular weight is 378 g/mol. The Labute approximate surface area is 153 Å². The molecule has 26 heavy (non-hydrogen) atoms. The first-order chi connectivity index (χ1) is 12.2. The van der Waals surface area contributed by atoms with Gasteiger partial charge in [-0.3, -0.25) is 4.79 Å². The molecule has 0 bridgehead atoms. The highest BCUT2D eigenvalue weighted by molar-refractivity contribution is 7.89. The van der Waals surface area contributed by atoms with E-state index in [9.17, 15) is 17.6 Å². The van der Waals surface area contributed by atoms with Gasteiger partial charge in [0, 0.05) is 7.05 Å². The molecule has 0 aromatic heterocycles. The molecule has 140 valence electrons. The van der Waals surface area contributed by atoms with E-state index in [-0.39, 0.29) is 17.5 Å². The largest absolute Gasteiger partial charge is 0.348 e. The zero-order valence-electron chi connectivity index (χ0n) is 15.1. The minimum Gasteiger partial charge on any atom is -0.348 e. The maximum absolute atomic E-state index is 13.0. The van der Waals surface area contributed by atoms with E-state index in [2.05, 4.69) is 5.32 Å². The summed E-state index contributed by atoms with van der Waals surface area (Å²) >= 11 is 0. The summed E-state index contributed by atoms with van der Waals surface area (Å²) in [6.45, 7) is 3.62. The Balaban J connectivity index is 2.05. The van der Waals surface area contributed by atoms with Gasteiger partial charge in [0.2, 0.25) is 15.9 Å². The number of hydrogen-bond acceptors (Lipinski definition) is 3. The molecule has 0 aliphatic rings. The van der Waals surface area contributed by atoms with Crippen LogP contribution < -0.4 is 5.32 Å². The second kappa shape index (κ2) is 8.42. The number of aryl methyl sites for hydroxylation is 1. The molecule has 1 amide bonds. The van der Waals surface area contributed by atoms with E-state index in [4.69, 9.17) is 0 Å². The van der Waals surface area contributed by atoms with Crippen LogP contribution in [0.4, 0.5) is 4.39 Å². The Morgan fingerprint density at radius 1 is 1.12 bits per heavy atom. The summed E-state index contributed by atoms with van der Waals surface area (Å²) in [6, 6.07) is 12.2. The van der Waals surface area contributed by atoms with Gasteiger partial charge in [0.1, 0.15) is 5.82 Å². The zero-order chi connectivity index (χ0) is 19.3. The van der Waals surface area contributed by atoms with Crippen molar-refractivity contribution >= 4 is 15.9 Å². The molecule has 0 saturated heterocycles. The highest BCUT2D eigenvalue weighted by atomic mass is 32.2. The van der Waals surface area contributed by atoms with E-state index in [1.807, 2.05) is 38.1 Å². The molecule has 5 nitrogen and oxygen atoms in total. The van der Waals surface area contributed by atoms with Gasteiger partial charge < -0.3 is 5.32 Å². The SMILES string of the molecule is CC[C@@H](NC(=O)CN(C)S(=O)(=O)c1ccc(F)cc1)c1ccc(C)cc1. The molecule has 2 aromatic carbocycles. The van der Waals surface area contributed by atoms with Crippen molar-refractivity contribution in [3.8, 4) is 0 Å². The second-order valence-electron chi connectivity index (χ2n) is 6.15. The summed E-state index contributed by atoms with van der Waals surface area (Å²) in [7, 11) is -2.53. The van der Waals surface area contributed by atoms with Gasteiger partial charge in [-0.15, -0.1) is 0 Å². The van der Waals surface area contributed by atoms with Crippen molar-refractivity contribution in [2.24, 2.45) is 0 Å². The van der Waals surface area contributed by atoms with Crippen molar-refractivity contribution < 1.29 is 17.6 Å². The first-order valence-corrected chi connectivity index (χ1v) is 9.76. The normalized spacial score (nSPS) is 12.8. The van der Waals surface area contributed by atoms with Crippen molar-refractivity contribution in [1.29, 1.82) is 0 Å². The van der Waals surface area contributed by atoms with Gasteiger partial charge in [0.25, 0.3) is 0 Å². The average Bonchev–Trinajstić information content (AvgIpc) is 2.60. The zero-order valence-corrected chi connectivity index (χ0v) is 15.9. The number of carbonyl (C=O) groups is 1. The minimum atomic E-state index is -3.86. The number of halogens is 1. The maximum Gasteiger partial charge on any atom is 0.243 e. The molecule has 7 heteroatoms. The number of nitrogens with zero attached hydrogens (tertiary/aromatic N) is 1. The number of benzene rings is 2. The molecule has 0 saturated carbocycles. The number of rotatable bonds is 7. The Morgan fingerprint density at radius 2 is 1.69 bits per heavy atom. The fourth-order valence-corrected chi connectivity index (χ4v) is 3.66. The van der Waals surface area contributed by atoms with Crippen LogP contribution in [0.15, 0.2) is 53.4 Å². The van der Waals surface area contributed by atoms with Crippen LogP contribution in [-0.2, 0) is 14.8 Å². The van der Waals surface area contributed by atoms with Crippen LogP contribution in [0.3, 0.4) is 0 Å². The topological polar surface area (TPSA) is 66.5 Å². The van der Waals surface area contributed by atoms with Crippen LogP contribution in [0.1, 0.15) is 30.5 Å². The number of sulfonamides is 1. The maximum atomic E-state index is 13.0. The number of nitrogens with one attached hydrogen (secondary N) is 1. The van der Waals surface area contributed by atoms with Gasteiger partial charge in [0.05, 0.1) is 17.5 Å². The first kappa shape index (κ1) is 20.1. The molecule has 2 rings (SSSR count). The van der Waals surface area contributed by atoms with Crippen LogP contribution in [0.2, 0.25) is 0 Å². The van der Waals surface area contributed by atoms with Crippen LogP contribution in [0, 0.1) is 12.7 Å². The van der Waals surface area contributed by atoms with Gasteiger partial charge in [-0.2, -0.15) is 4.31 Å². The highest BCUT2D eigenvalue weighted by Crippen LogP contribution is 2.18. The minimum absolute atomic E-state index is 0.0558. The van der Waals surface area contributed by atoms with Crippen LogP contribution in [-0.4, -0.2) is 32.2 Å². The molecule has 0 unspecified atom stereocenters. The van der Waals surface area contributed by atoms with Crippen molar-refractivity contribution in [3.05, 3.63) is 65.5 Å². The molecular weight excluding hydrogens is 355 g/mol. The molecule has 1 atom stereocenters. The lowest BCUT2D eigenvalue weighted by molar-refractivity contribution is -0.121. The first-order valence-electron chi connectivity index (χ1n) is 8.32. The molecule has 0 spiro atoms. The highest BCUT2D eigenvalue weighted by Gasteiger charge is 2.24. The standard InChI is InChI=1S/C19H23FN2O3S/c1-4-18(15-7-5-14(2)6-8-15)21-19(23)13-22(3)26(24,25)17-11-9-16(20)10-12-17/h5-12,18H,4,13H2,1-3H3,(H,21,23)/t18-/m1/s1. The summed E-state index contributed by atoms with van der Waals surface area (Å²) in [5.74, 6) is -0.918. The fraction of sp³-hybridized carbons (Fsp3) is 0.316. The second-order valence-corrected chi connectivity index (χ2v) is 8.20. The summed E-state index contributed by atoms with van der Waals surface area (Å²) in [4.78, 5) is 12.3. The van der Waals surface area contributed by atoms with E-state index in [0.717, 1.165) is 27.6 Å². The third-order valence-electron chi connectivity index (χ3n) is 4.11. The van der Waals surface area contributed by atoms with Gasteiger partial charge >= 0.3 is 0 Å². The molecule has 2 aromatic rings. The van der Waals surface area contributed by atoms with Crippen molar-refractivity contribution in [2.75, 3.05) is 13.6 Å². The third-order valence-corrected chi connectivity index (χ3v) is 5.93. The quantitative estimate of drug-likeness (QED) is 0.805. The molecule has 0 aliphatic heterocycles. The fourth-order valence-electron chi connectivity index (χ4n) is 2.53. The molecule has 0 fully saturated rings. The Bertz CT molecular complexity index is 849. The van der Waals surface area contributed by atoms with E-state index in [0.29, 0.717) is 6.42 Å². The Morgan fingerprint density at radius 3 is 2.23 bits per heavy atom. The number of amides is 1. The Kier molecular flexibility index (Phi) is 6.50. The summed E-state index contributed by atoms with van der Waals surface area (Å²) in [5.41, 5.74) is 2.09. The molecule has 0 radical (unpaired) electrons. The number of carbonyl (C=O) groups excluding carboxylic acids is 1. The molecule has 0 aliphatic carbocycles. The van der Waals surface area contributed by atoms with E-state index < -0.39 is 21.7 Å². The van der Waals surface area contributed by atoms with Crippen LogP contribution in [0.25, 0.3) is 0 Å². The smallest absolute Gasteiger partial charge is 0.243 e. The monoisotopic (exact) mass is 378 g/mol. The number of hydrogen-bond donors (Lipinski definition) is 1. The summed E-state index contributed by atoms with van der Waals surface area (Å²) in [5, 5.41) is 2.86. The summed E-state index contributed by atoms with van der Waals surface area (Å²) in [6.07, 6.45) is 0.684. The predicted octanol–water partition coefficient (Wildman–Crippen LogP) is 3.02. The van der Waals surface area contributed by atoms with Crippen LogP contribution >= 0.6 is 0 Å². The lowest BCUT2D eigenvalue weighted by Crippen LogP contribution is -2.39. The van der Waals surface area contributed by atoms with E-state index in [1.54, 1.807) is 0 Å².